The van der Waals surface area contributed by atoms with Crippen LogP contribution in [0.3, 0.4) is 0 Å². The first kappa shape index (κ1) is 23.9. The van der Waals surface area contributed by atoms with Crippen LogP contribution in [0, 0.1) is 0 Å². The molecule has 0 aliphatic heterocycles. The molecule has 3 unspecified atom stereocenters. The Morgan fingerprint density at radius 2 is 1.24 bits per heavy atom. The van der Waals surface area contributed by atoms with Gasteiger partial charge in [-0.1, -0.05) is 29.2 Å². The minimum absolute atomic E-state index is 0.111. The molecular weight excluding hydrogens is 451 g/mol. The Hall–Kier alpha value is -1.05. The maximum Gasteiger partial charge on any atom is 0.331 e. The second-order valence-corrected chi connectivity index (χ2v) is 5.51. The van der Waals surface area contributed by atoms with E-state index in [1.807, 2.05) is 22.6 Å². The lowest BCUT2D eigenvalue weighted by Crippen LogP contribution is -2.30. The van der Waals surface area contributed by atoms with Gasteiger partial charge in [0, 0.05) is 12.2 Å². The first-order valence-electron chi connectivity index (χ1n) is 7.31. The summed E-state index contributed by atoms with van der Waals surface area (Å²) in [5.41, 5.74) is 0. The molecule has 0 aromatic heterocycles. The minimum Gasteiger partial charge on any atom is -0.460 e. The van der Waals surface area contributed by atoms with E-state index in [9.17, 15) is 24.9 Å². The highest BCUT2D eigenvalue weighted by Gasteiger charge is 2.12. The molecule has 0 saturated heterocycles. The van der Waals surface area contributed by atoms with Crippen LogP contribution < -0.4 is 0 Å². The van der Waals surface area contributed by atoms with Gasteiger partial charge in [0.05, 0.1) is 26.4 Å². The molecule has 0 amide bonds. The van der Waals surface area contributed by atoms with Gasteiger partial charge in [-0.3, -0.25) is 0 Å². The summed E-state index contributed by atoms with van der Waals surface area (Å²) in [6.07, 6.45) is -0.822. The van der Waals surface area contributed by atoms with Crippen LogP contribution in [-0.4, -0.2) is 85.2 Å². The number of esters is 2. The van der Waals surface area contributed by atoms with Gasteiger partial charge in [-0.15, -0.1) is 0 Å². The third kappa shape index (κ3) is 15.0. The molecule has 0 aliphatic rings. The van der Waals surface area contributed by atoms with Crippen LogP contribution >= 0.6 is 22.6 Å². The van der Waals surface area contributed by atoms with Crippen molar-refractivity contribution in [1.29, 1.82) is 0 Å². The van der Waals surface area contributed by atoms with Crippen molar-refractivity contribution in [3.63, 3.8) is 0 Å². The number of aliphatic hydroxyl groups excluding tert-OH is 3. The van der Waals surface area contributed by atoms with Crippen molar-refractivity contribution >= 4 is 34.5 Å². The van der Waals surface area contributed by atoms with E-state index in [4.69, 9.17) is 14.2 Å². The molecule has 0 aromatic carbocycles. The Balaban J connectivity index is 3.66. The maximum atomic E-state index is 11.0. The molecular formula is C15H23IO9. The van der Waals surface area contributed by atoms with Crippen LogP contribution in [-0.2, 0) is 28.5 Å². The first-order chi connectivity index (χ1) is 11.9. The van der Waals surface area contributed by atoms with Crippen LogP contribution in [0.15, 0.2) is 22.8 Å². The SMILES string of the molecule is C=CC(=O)OCC(O)COCC(O)COCC(O)COC(=O)/C=C/I. The Bertz CT molecular complexity index is 427. The molecule has 0 rings (SSSR count). The number of rotatable bonds is 14. The van der Waals surface area contributed by atoms with Crippen molar-refractivity contribution in [2.45, 2.75) is 18.3 Å². The topological polar surface area (TPSA) is 132 Å². The van der Waals surface area contributed by atoms with E-state index in [0.29, 0.717) is 0 Å². The van der Waals surface area contributed by atoms with E-state index in [1.165, 1.54) is 10.2 Å². The van der Waals surface area contributed by atoms with Crippen LogP contribution in [0.2, 0.25) is 0 Å². The number of hydrogen-bond acceptors (Lipinski definition) is 9. The summed E-state index contributed by atoms with van der Waals surface area (Å²) in [6.45, 7) is 2.27. The van der Waals surface area contributed by atoms with Crippen molar-refractivity contribution in [1.82, 2.24) is 0 Å². The van der Waals surface area contributed by atoms with E-state index in [0.717, 1.165) is 6.08 Å². The van der Waals surface area contributed by atoms with E-state index in [2.05, 4.69) is 11.3 Å². The normalized spacial score (nSPS) is 14.7. The standard InChI is InChI=1S/C15H23IO9/c1-2-14(20)24-9-12(18)7-22-5-11(17)6-23-8-13(19)10-25-15(21)3-4-16/h2-4,11-13,17-19H,1,5-10H2/b4-3+. The second-order valence-electron chi connectivity index (χ2n) is 4.79. The predicted octanol–water partition coefficient (Wildman–Crippen LogP) is -0.677. The van der Waals surface area contributed by atoms with Gasteiger partial charge in [0.2, 0.25) is 0 Å². The molecule has 0 saturated carbocycles. The van der Waals surface area contributed by atoms with E-state index >= 15 is 0 Å². The zero-order valence-corrected chi connectivity index (χ0v) is 15.7. The van der Waals surface area contributed by atoms with Gasteiger partial charge < -0.3 is 34.3 Å². The fourth-order valence-corrected chi connectivity index (χ4v) is 1.63. The Kier molecular flexibility index (Phi) is 14.6. The molecule has 0 spiro atoms. The molecule has 0 radical (unpaired) electrons. The van der Waals surface area contributed by atoms with Crippen LogP contribution in [0.5, 0.6) is 0 Å². The van der Waals surface area contributed by atoms with Gasteiger partial charge in [-0.05, 0) is 4.08 Å². The largest absolute Gasteiger partial charge is 0.460 e. The average molecular weight is 474 g/mol. The molecule has 3 atom stereocenters. The Labute approximate surface area is 159 Å². The molecule has 10 heteroatoms. The maximum absolute atomic E-state index is 11.0. The molecule has 144 valence electrons. The number of carbonyl (C=O) groups is 2. The molecule has 25 heavy (non-hydrogen) atoms. The highest BCUT2D eigenvalue weighted by Crippen LogP contribution is 1.95. The number of hydrogen-bond donors (Lipinski definition) is 3. The Morgan fingerprint density at radius 3 is 1.64 bits per heavy atom. The second kappa shape index (κ2) is 15.2. The van der Waals surface area contributed by atoms with Gasteiger partial charge in [0.15, 0.2) is 0 Å². The lowest BCUT2D eigenvalue weighted by atomic mass is 10.3. The minimum atomic E-state index is -1.02. The van der Waals surface area contributed by atoms with Crippen LogP contribution in [0.25, 0.3) is 0 Å². The van der Waals surface area contributed by atoms with Gasteiger partial charge >= 0.3 is 11.9 Å². The quantitative estimate of drug-likeness (QED) is 0.170. The van der Waals surface area contributed by atoms with Crippen molar-refractivity contribution < 1.29 is 43.9 Å². The molecule has 0 heterocycles. The average Bonchev–Trinajstić information content (AvgIpc) is 2.58. The van der Waals surface area contributed by atoms with Crippen molar-refractivity contribution in [3.8, 4) is 0 Å². The van der Waals surface area contributed by atoms with Gasteiger partial charge in [-0.2, -0.15) is 0 Å². The summed E-state index contributed by atoms with van der Waals surface area (Å²) in [4.78, 5) is 21.8. The van der Waals surface area contributed by atoms with Crippen molar-refractivity contribution in [2.75, 3.05) is 39.6 Å². The number of carbonyl (C=O) groups excluding carboxylic acids is 2. The summed E-state index contributed by atoms with van der Waals surface area (Å²) >= 11 is 1.86. The third-order valence-corrected chi connectivity index (χ3v) is 2.80. The summed E-state index contributed by atoms with van der Waals surface area (Å²) in [5.74, 6) is -1.22. The summed E-state index contributed by atoms with van der Waals surface area (Å²) in [7, 11) is 0. The highest BCUT2D eigenvalue weighted by molar-refractivity contribution is 14.1. The van der Waals surface area contributed by atoms with Gasteiger partial charge in [0.1, 0.15) is 31.5 Å². The fraction of sp³-hybridized carbons (Fsp3) is 0.600. The van der Waals surface area contributed by atoms with Gasteiger partial charge in [-0.25, -0.2) is 9.59 Å². The molecule has 9 nitrogen and oxygen atoms in total. The van der Waals surface area contributed by atoms with E-state index in [1.54, 1.807) is 0 Å². The zero-order chi connectivity index (χ0) is 19.1. The van der Waals surface area contributed by atoms with E-state index < -0.39 is 30.3 Å². The van der Waals surface area contributed by atoms with Crippen LogP contribution in [0.1, 0.15) is 0 Å². The number of aliphatic hydroxyl groups is 3. The number of ether oxygens (including phenoxy) is 4. The Morgan fingerprint density at radius 1 is 0.840 bits per heavy atom. The van der Waals surface area contributed by atoms with Gasteiger partial charge in [0.25, 0.3) is 0 Å². The predicted molar refractivity (Wildman–Crippen MR) is 94.9 cm³/mol. The first-order valence-corrected chi connectivity index (χ1v) is 8.56. The van der Waals surface area contributed by atoms with E-state index in [-0.39, 0.29) is 39.6 Å². The highest BCUT2D eigenvalue weighted by atomic mass is 127. The van der Waals surface area contributed by atoms with Crippen molar-refractivity contribution in [2.24, 2.45) is 0 Å². The molecule has 0 aliphatic carbocycles. The third-order valence-electron chi connectivity index (χ3n) is 2.44. The monoisotopic (exact) mass is 474 g/mol. The zero-order valence-electron chi connectivity index (χ0n) is 13.6. The lowest BCUT2D eigenvalue weighted by Gasteiger charge is -2.16. The smallest absolute Gasteiger partial charge is 0.331 e. The molecule has 0 aromatic rings. The van der Waals surface area contributed by atoms with Crippen LogP contribution in [0.4, 0.5) is 0 Å². The summed E-state index contributed by atoms with van der Waals surface area (Å²) < 4.78 is 20.9. The molecule has 0 fully saturated rings. The summed E-state index contributed by atoms with van der Waals surface area (Å²) in [5, 5.41) is 28.6. The van der Waals surface area contributed by atoms with Crippen molar-refractivity contribution in [3.05, 3.63) is 22.8 Å². The summed E-state index contributed by atoms with van der Waals surface area (Å²) in [6, 6.07) is 0. The lowest BCUT2D eigenvalue weighted by molar-refractivity contribution is -0.142. The number of halogens is 1. The molecule has 0 bridgehead atoms. The molecule has 3 N–H and O–H groups in total. The fourth-order valence-electron chi connectivity index (χ4n) is 1.34.